The lowest BCUT2D eigenvalue weighted by Crippen LogP contribution is -2.22. The van der Waals surface area contributed by atoms with E-state index in [-0.39, 0.29) is 0 Å². The maximum Gasteiger partial charge on any atom is 0.0418 e. The summed E-state index contributed by atoms with van der Waals surface area (Å²) < 4.78 is 0. The van der Waals surface area contributed by atoms with Crippen molar-refractivity contribution >= 4 is 11.3 Å². The van der Waals surface area contributed by atoms with Gasteiger partial charge >= 0.3 is 0 Å². The van der Waals surface area contributed by atoms with Crippen molar-refractivity contribution in [1.82, 2.24) is 10.3 Å². The van der Waals surface area contributed by atoms with Gasteiger partial charge < -0.3 is 5.32 Å². The number of thiophene rings is 1. The van der Waals surface area contributed by atoms with Crippen LogP contribution in [0.2, 0.25) is 0 Å². The fourth-order valence-corrected chi connectivity index (χ4v) is 2.83. The molecule has 0 saturated carbocycles. The maximum absolute atomic E-state index is 4.39. The van der Waals surface area contributed by atoms with Gasteiger partial charge in [-0.1, -0.05) is 19.1 Å². The van der Waals surface area contributed by atoms with E-state index in [0.29, 0.717) is 6.04 Å². The molecular weight excluding hydrogens is 240 g/mol. The van der Waals surface area contributed by atoms with Crippen LogP contribution in [0.25, 0.3) is 0 Å². The Kier molecular flexibility index (Phi) is 5.36. The molecule has 0 aliphatic carbocycles. The van der Waals surface area contributed by atoms with Crippen LogP contribution in [-0.2, 0) is 6.42 Å². The molecule has 0 aromatic carbocycles. The van der Waals surface area contributed by atoms with E-state index in [2.05, 4.69) is 46.9 Å². The van der Waals surface area contributed by atoms with Gasteiger partial charge in [-0.3, -0.25) is 4.98 Å². The van der Waals surface area contributed by atoms with Crippen LogP contribution in [-0.4, -0.2) is 11.5 Å². The fourth-order valence-electron chi connectivity index (χ4n) is 1.99. The van der Waals surface area contributed by atoms with E-state index in [9.17, 15) is 0 Å². The minimum absolute atomic E-state index is 0.465. The first-order valence-electron chi connectivity index (χ1n) is 6.57. The van der Waals surface area contributed by atoms with Gasteiger partial charge in [0, 0.05) is 22.8 Å². The molecule has 96 valence electrons. The van der Waals surface area contributed by atoms with Crippen molar-refractivity contribution in [1.29, 1.82) is 0 Å². The summed E-state index contributed by atoms with van der Waals surface area (Å²) >= 11 is 1.83. The van der Waals surface area contributed by atoms with E-state index in [4.69, 9.17) is 0 Å². The van der Waals surface area contributed by atoms with Crippen LogP contribution in [0.1, 0.15) is 36.4 Å². The number of aryl methyl sites for hydroxylation is 1. The largest absolute Gasteiger partial charge is 0.309 e. The molecule has 0 spiro atoms. The smallest absolute Gasteiger partial charge is 0.0418 e. The summed E-state index contributed by atoms with van der Waals surface area (Å²) in [4.78, 5) is 5.82. The summed E-state index contributed by atoms with van der Waals surface area (Å²) in [5, 5.41) is 5.77. The molecule has 1 unspecified atom stereocenters. The molecule has 1 atom stereocenters. The monoisotopic (exact) mass is 260 g/mol. The Hall–Kier alpha value is -1.19. The zero-order valence-corrected chi connectivity index (χ0v) is 11.6. The lowest BCUT2D eigenvalue weighted by atomic mass is 10.1. The van der Waals surface area contributed by atoms with Crippen molar-refractivity contribution in [3.05, 3.63) is 52.5 Å². The van der Waals surface area contributed by atoms with E-state index in [1.807, 2.05) is 23.6 Å². The third-order valence-corrected chi connectivity index (χ3v) is 3.93. The molecule has 0 saturated heterocycles. The lowest BCUT2D eigenvalue weighted by molar-refractivity contribution is 0.504. The highest BCUT2D eigenvalue weighted by molar-refractivity contribution is 7.10. The summed E-state index contributed by atoms with van der Waals surface area (Å²) in [6.45, 7) is 3.28. The average Bonchev–Trinajstić information content (AvgIpc) is 2.94. The minimum Gasteiger partial charge on any atom is -0.309 e. The number of nitrogens with zero attached hydrogens (tertiary/aromatic N) is 1. The van der Waals surface area contributed by atoms with E-state index < -0.39 is 0 Å². The quantitative estimate of drug-likeness (QED) is 0.818. The van der Waals surface area contributed by atoms with Crippen molar-refractivity contribution in [2.75, 3.05) is 6.54 Å². The van der Waals surface area contributed by atoms with Crippen molar-refractivity contribution < 1.29 is 0 Å². The molecule has 0 fully saturated rings. The second-order valence-electron chi connectivity index (χ2n) is 4.38. The first-order chi connectivity index (χ1) is 8.90. The highest BCUT2D eigenvalue weighted by Crippen LogP contribution is 2.23. The summed E-state index contributed by atoms with van der Waals surface area (Å²) in [6.07, 6.45) is 5.18. The Bertz CT molecular complexity index is 425. The molecule has 2 nitrogen and oxygen atoms in total. The van der Waals surface area contributed by atoms with Crippen LogP contribution >= 0.6 is 11.3 Å². The van der Waals surface area contributed by atoms with Gasteiger partial charge in [0.2, 0.25) is 0 Å². The summed E-state index contributed by atoms with van der Waals surface area (Å²) in [5.41, 5.74) is 1.18. The van der Waals surface area contributed by atoms with Gasteiger partial charge in [-0.25, -0.2) is 0 Å². The molecule has 2 aromatic heterocycles. The topological polar surface area (TPSA) is 24.9 Å². The molecule has 0 amide bonds. The number of aromatic nitrogens is 1. The van der Waals surface area contributed by atoms with Gasteiger partial charge in [0.15, 0.2) is 0 Å². The van der Waals surface area contributed by atoms with Gasteiger partial charge in [-0.15, -0.1) is 11.3 Å². The highest BCUT2D eigenvalue weighted by atomic mass is 32.1. The van der Waals surface area contributed by atoms with E-state index in [0.717, 1.165) is 19.4 Å². The predicted octanol–water partition coefficient (Wildman–Crippen LogP) is 3.82. The van der Waals surface area contributed by atoms with Crippen molar-refractivity contribution in [2.24, 2.45) is 0 Å². The van der Waals surface area contributed by atoms with Crippen LogP contribution in [0, 0.1) is 0 Å². The Morgan fingerprint density at radius 3 is 2.89 bits per heavy atom. The molecular formula is C15H20N2S. The molecule has 0 aliphatic rings. The van der Waals surface area contributed by atoms with Gasteiger partial charge in [0.25, 0.3) is 0 Å². The van der Waals surface area contributed by atoms with Crippen LogP contribution in [0.5, 0.6) is 0 Å². The van der Waals surface area contributed by atoms with Crippen molar-refractivity contribution in [2.45, 2.75) is 32.2 Å². The second-order valence-corrected chi connectivity index (χ2v) is 5.36. The molecule has 18 heavy (non-hydrogen) atoms. The lowest BCUT2D eigenvalue weighted by Gasteiger charge is -2.16. The zero-order valence-electron chi connectivity index (χ0n) is 10.8. The Labute approximate surface area is 113 Å². The summed E-state index contributed by atoms with van der Waals surface area (Å²) in [6, 6.07) is 10.9. The fraction of sp³-hybridized carbons (Fsp3) is 0.400. The zero-order chi connectivity index (χ0) is 12.6. The molecule has 2 rings (SSSR count). The molecule has 1 N–H and O–H groups in total. The number of hydrogen-bond acceptors (Lipinski definition) is 3. The number of pyridine rings is 1. The molecule has 3 heteroatoms. The van der Waals surface area contributed by atoms with Gasteiger partial charge in [-0.05, 0) is 49.4 Å². The van der Waals surface area contributed by atoms with Crippen LogP contribution in [0.15, 0.2) is 41.9 Å². The van der Waals surface area contributed by atoms with Gasteiger partial charge in [0.1, 0.15) is 0 Å². The first kappa shape index (κ1) is 13.2. The number of nitrogens with one attached hydrogen (secondary N) is 1. The Morgan fingerprint density at radius 2 is 2.22 bits per heavy atom. The van der Waals surface area contributed by atoms with Crippen LogP contribution in [0.3, 0.4) is 0 Å². The normalized spacial score (nSPS) is 12.5. The third-order valence-electron chi connectivity index (χ3n) is 2.94. The van der Waals surface area contributed by atoms with Crippen molar-refractivity contribution in [3.63, 3.8) is 0 Å². The molecule has 0 radical (unpaired) electrons. The highest BCUT2D eigenvalue weighted by Gasteiger charge is 2.11. The number of hydrogen-bond donors (Lipinski definition) is 1. The SMILES string of the molecule is CCCNC(CCc1ccccn1)c1cccs1. The molecule has 0 bridgehead atoms. The predicted molar refractivity (Wildman–Crippen MR) is 77.9 cm³/mol. The molecule has 0 aliphatic heterocycles. The summed E-state index contributed by atoms with van der Waals surface area (Å²) in [7, 11) is 0. The Balaban J connectivity index is 1.93. The standard InChI is InChI=1S/C15H20N2S/c1-2-10-17-14(15-7-5-12-18-15)9-8-13-6-3-4-11-16-13/h3-7,11-12,14,17H,2,8-10H2,1H3. The first-order valence-corrected chi connectivity index (χ1v) is 7.45. The van der Waals surface area contributed by atoms with Crippen molar-refractivity contribution in [3.8, 4) is 0 Å². The summed E-state index contributed by atoms with van der Waals surface area (Å²) in [5.74, 6) is 0. The molecule has 2 aromatic rings. The number of rotatable bonds is 7. The molecule has 2 heterocycles. The van der Waals surface area contributed by atoms with Crippen LogP contribution in [0.4, 0.5) is 0 Å². The van der Waals surface area contributed by atoms with Gasteiger partial charge in [0.05, 0.1) is 0 Å². The Morgan fingerprint density at radius 1 is 1.28 bits per heavy atom. The van der Waals surface area contributed by atoms with E-state index in [1.165, 1.54) is 17.0 Å². The third kappa shape index (κ3) is 3.93. The minimum atomic E-state index is 0.465. The van der Waals surface area contributed by atoms with E-state index >= 15 is 0 Å². The maximum atomic E-state index is 4.39. The average molecular weight is 260 g/mol. The van der Waals surface area contributed by atoms with Gasteiger partial charge in [-0.2, -0.15) is 0 Å². The van der Waals surface area contributed by atoms with E-state index in [1.54, 1.807) is 0 Å². The van der Waals surface area contributed by atoms with Crippen LogP contribution < -0.4 is 5.32 Å². The second kappa shape index (κ2) is 7.29.